The number of esters is 1. The van der Waals surface area contributed by atoms with Crippen molar-refractivity contribution in [1.29, 1.82) is 0 Å². The van der Waals surface area contributed by atoms with Crippen LogP contribution in [0.1, 0.15) is 32.3 Å². The van der Waals surface area contributed by atoms with E-state index >= 15 is 0 Å². The molecule has 2 aromatic rings. The zero-order valence-electron chi connectivity index (χ0n) is 16.0. The molecule has 0 atom stereocenters. The molecule has 146 valence electrons. The van der Waals surface area contributed by atoms with Gasteiger partial charge < -0.3 is 9.47 Å². The van der Waals surface area contributed by atoms with Crippen LogP contribution in [0.15, 0.2) is 53.4 Å². The standard InChI is InChI=1S/C20H25NO5S/c1-5-26-20(22)14-21(17-8-6-16(7-9-17)15(2)3)27(23,24)19-12-10-18(25-4)11-13-19/h6-13,15H,5,14H2,1-4H3. The van der Waals surface area contributed by atoms with Crippen molar-refractivity contribution in [2.75, 3.05) is 24.6 Å². The number of carbonyl (C=O) groups excluding carboxylic acids is 1. The van der Waals surface area contributed by atoms with Crippen molar-refractivity contribution in [3.63, 3.8) is 0 Å². The van der Waals surface area contributed by atoms with Gasteiger partial charge in [0, 0.05) is 0 Å². The molecule has 6 nitrogen and oxygen atoms in total. The number of hydrogen-bond donors (Lipinski definition) is 0. The van der Waals surface area contributed by atoms with Gasteiger partial charge >= 0.3 is 5.97 Å². The largest absolute Gasteiger partial charge is 0.497 e. The van der Waals surface area contributed by atoms with Crippen molar-refractivity contribution in [3.05, 3.63) is 54.1 Å². The molecule has 2 rings (SSSR count). The first-order chi connectivity index (χ1) is 12.8. The number of nitrogens with zero attached hydrogens (tertiary/aromatic N) is 1. The third kappa shape index (κ3) is 5.01. The van der Waals surface area contributed by atoms with E-state index in [9.17, 15) is 13.2 Å². The van der Waals surface area contributed by atoms with E-state index in [4.69, 9.17) is 9.47 Å². The molecule has 0 aromatic heterocycles. The average Bonchev–Trinajstić information content (AvgIpc) is 2.66. The minimum absolute atomic E-state index is 0.0699. The monoisotopic (exact) mass is 391 g/mol. The Morgan fingerprint density at radius 2 is 1.63 bits per heavy atom. The SMILES string of the molecule is CCOC(=O)CN(c1ccc(C(C)C)cc1)S(=O)(=O)c1ccc(OC)cc1. The normalized spacial score (nSPS) is 11.3. The topological polar surface area (TPSA) is 72.9 Å². The summed E-state index contributed by atoms with van der Waals surface area (Å²) < 4.78 is 37.4. The van der Waals surface area contributed by atoms with Gasteiger partial charge in [0.1, 0.15) is 12.3 Å². The molecular formula is C20H25NO5S. The lowest BCUT2D eigenvalue weighted by Crippen LogP contribution is -2.36. The predicted octanol–water partition coefficient (Wildman–Crippen LogP) is 3.58. The van der Waals surface area contributed by atoms with Gasteiger partial charge in [-0.25, -0.2) is 8.42 Å². The molecule has 0 aliphatic heterocycles. The molecule has 0 unspecified atom stereocenters. The number of carbonyl (C=O) groups is 1. The molecule has 0 aliphatic rings. The lowest BCUT2D eigenvalue weighted by Gasteiger charge is -2.24. The minimum Gasteiger partial charge on any atom is -0.497 e. The van der Waals surface area contributed by atoms with Crippen molar-refractivity contribution in [2.24, 2.45) is 0 Å². The summed E-state index contributed by atoms with van der Waals surface area (Å²) >= 11 is 0. The number of benzene rings is 2. The smallest absolute Gasteiger partial charge is 0.326 e. The summed E-state index contributed by atoms with van der Waals surface area (Å²) in [6.07, 6.45) is 0. The molecule has 0 radical (unpaired) electrons. The number of ether oxygens (including phenoxy) is 2. The summed E-state index contributed by atoms with van der Waals surface area (Å²) in [6, 6.07) is 13.2. The number of anilines is 1. The van der Waals surface area contributed by atoms with E-state index in [1.165, 1.54) is 19.2 Å². The van der Waals surface area contributed by atoms with Crippen LogP contribution < -0.4 is 9.04 Å². The first-order valence-electron chi connectivity index (χ1n) is 8.72. The lowest BCUT2D eigenvalue weighted by molar-refractivity contribution is -0.141. The molecule has 0 heterocycles. The van der Waals surface area contributed by atoms with Crippen molar-refractivity contribution < 1.29 is 22.7 Å². The minimum atomic E-state index is -3.95. The van der Waals surface area contributed by atoms with Crippen molar-refractivity contribution in [1.82, 2.24) is 0 Å². The maximum absolute atomic E-state index is 13.2. The van der Waals surface area contributed by atoms with Gasteiger partial charge in [-0.3, -0.25) is 9.10 Å². The number of hydrogen-bond acceptors (Lipinski definition) is 5. The van der Waals surface area contributed by atoms with Crippen LogP contribution in [0.25, 0.3) is 0 Å². The Labute approximate surface area is 160 Å². The number of methoxy groups -OCH3 is 1. The molecule has 7 heteroatoms. The van der Waals surface area contributed by atoms with Gasteiger partial charge in [-0.1, -0.05) is 26.0 Å². The fraction of sp³-hybridized carbons (Fsp3) is 0.350. The number of rotatable bonds is 8. The molecule has 0 saturated carbocycles. The van der Waals surface area contributed by atoms with Gasteiger partial charge in [0.05, 0.1) is 24.3 Å². The van der Waals surface area contributed by atoms with Crippen molar-refractivity contribution in [3.8, 4) is 5.75 Å². The highest BCUT2D eigenvalue weighted by Crippen LogP contribution is 2.27. The van der Waals surface area contributed by atoms with Crippen LogP contribution in [0.2, 0.25) is 0 Å². The van der Waals surface area contributed by atoms with E-state index < -0.39 is 22.5 Å². The van der Waals surface area contributed by atoms with E-state index in [-0.39, 0.29) is 11.5 Å². The maximum Gasteiger partial charge on any atom is 0.326 e. The van der Waals surface area contributed by atoms with E-state index in [2.05, 4.69) is 13.8 Å². The summed E-state index contributed by atoms with van der Waals surface area (Å²) in [4.78, 5) is 12.1. The molecular weight excluding hydrogens is 366 g/mol. The summed E-state index contributed by atoms with van der Waals surface area (Å²) in [5.41, 5.74) is 1.49. The quantitative estimate of drug-likeness (QED) is 0.643. The molecule has 0 amide bonds. The molecule has 0 spiro atoms. The molecule has 0 N–H and O–H groups in total. The lowest BCUT2D eigenvalue weighted by atomic mass is 10.0. The Morgan fingerprint density at radius 3 is 2.11 bits per heavy atom. The van der Waals surface area contributed by atoms with Crippen LogP contribution >= 0.6 is 0 Å². The average molecular weight is 391 g/mol. The molecule has 0 bridgehead atoms. The van der Waals surface area contributed by atoms with Crippen LogP contribution in [-0.2, 0) is 19.6 Å². The first kappa shape index (κ1) is 20.8. The van der Waals surface area contributed by atoms with Gasteiger partial charge in [0.15, 0.2) is 0 Å². The second kappa shape index (κ2) is 8.90. The van der Waals surface area contributed by atoms with Crippen LogP contribution in [0.3, 0.4) is 0 Å². The Bertz CT molecular complexity index is 858. The fourth-order valence-corrected chi connectivity index (χ4v) is 3.95. The summed E-state index contributed by atoms with van der Waals surface area (Å²) in [6.45, 7) is 5.57. The highest BCUT2D eigenvalue weighted by atomic mass is 32.2. The third-order valence-electron chi connectivity index (χ3n) is 4.07. The second-order valence-corrected chi connectivity index (χ2v) is 8.10. The van der Waals surface area contributed by atoms with Crippen molar-refractivity contribution >= 4 is 21.7 Å². The zero-order valence-corrected chi connectivity index (χ0v) is 16.8. The third-order valence-corrected chi connectivity index (χ3v) is 5.86. The number of sulfonamides is 1. The molecule has 0 aliphatic carbocycles. The van der Waals surface area contributed by atoms with Gasteiger partial charge in [-0.05, 0) is 54.8 Å². The Balaban J connectivity index is 2.45. The first-order valence-corrected chi connectivity index (χ1v) is 10.2. The molecule has 27 heavy (non-hydrogen) atoms. The van der Waals surface area contributed by atoms with Crippen LogP contribution in [-0.4, -0.2) is 34.6 Å². The summed E-state index contributed by atoms with van der Waals surface area (Å²) in [7, 11) is -2.44. The van der Waals surface area contributed by atoms with Gasteiger partial charge in [0.2, 0.25) is 0 Å². The highest BCUT2D eigenvalue weighted by molar-refractivity contribution is 7.92. The van der Waals surface area contributed by atoms with Crippen LogP contribution in [0.5, 0.6) is 5.75 Å². The summed E-state index contributed by atoms with van der Waals surface area (Å²) in [5.74, 6) is 0.255. The van der Waals surface area contributed by atoms with Crippen molar-refractivity contribution in [2.45, 2.75) is 31.6 Å². The molecule has 0 saturated heterocycles. The van der Waals surface area contributed by atoms with E-state index in [0.717, 1.165) is 9.87 Å². The maximum atomic E-state index is 13.2. The Kier molecular flexibility index (Phi) is 6.85. The van der Waals surface area contributed by atoms with Crippen LogP contribution in [0, 0.1) is 0 Å². The van der Waals surface area contributed by atoms with E-state index in [1.54, 1.807) is 31.2 Å². The van der Waals surface area contributed by atoms with Crippen LogP contribution in [0.4, 0.5) is 5.69 Å². The van der Waals surface area contributed by atoms with Gasteiger partial charge in [-0.2, -0.15) is 0 Å². The van der Waals surface area contributed by atoms with E-state index in [0.29, 0.717) is 17.4 Å². The Morgan fingerprint density at radius 1 is 1.04 bits per heavy atom. The fourth-order valence-electron chi connectivity index (χ4n) is 2.54. The van der Waals surface area contributed by atoms with Gasteiger partial charge in [0.25, 0.3) is 10.0 Å². The summed E-state index contributed by atoms with van der Waals surface area (Å²) in [5, 5.41) is 0. The molecule has 0 fully saturated rings. The van der Waals surface area contributed by atoms with Gasteiger partial charge in [-0.15, -0.1) is 0 Å². The second-order valence-electron chi connectivity index (χ2n) is 6.24. The van der Waals surface area contributed by atoms with E-state index in [1.807, 2.05) is 12.1 Å². The predicted molar refractivity (Wildman–Crippen MR) is 105 cm³/mol. The zero-order chi connectivity index (χ0) is 20.0. The highest BCUT2D eigenvalue weighted by Gasteiger charge is 2.27. The Hall–Kier alpha value is -2.54. The molecule has 2 aromatic carbocycles.